The van der Waals surface area contributed by atoms with Gasteiger partial charge in [-0.2, -0.15) is 0 Å². The molecule has 2 rings (SSSR count). The second-order valence-corrected chi connectivity index (χ2v) is 4.28. The minimum atomic E-state index is -0.404. The van der Waals surface area contributed by atoms with Gasteiger partial charge in [0.15, 0.2) is 0 Å². The molecule has 0 saturated heterocycles. The lowest BCUT2D eigenvalue weighted by Gasteiger charge is -2.05. The van der Waals surface area contributed by atoms with E-state index in [4.69, 9.17) is 5.11 Å². The Bertz CT molecular complexity index is 511. The highest BCUT2D eigenvalue weighted by Gasteiger charge is 2.06. The van der Waals surface area contributed by atoms with Crippen LogP contribution in [-0.2, 0) is 0 Å². The molecule has 0 aliphatic rings. The number of phenolic OH excluding ortho intramolecular Hbond substituents is 1. The van der Waals surface area contributed by atoms with Gasteiger partial charge >= 0.3 is 0 Å². The van der Waals surface area contributed by atoms with E-state index >= 15 is 0 Å². The van der Waals surface area contributed by atoms with Crippen LogP contribution in [0.15, 0.2) is 47.4 Å². The molecule has 1 nitrogen and oxygen atoms in total. The first-order valence-corrected chi connectivity index (χ1v) is 6.06. The van der Waals surface area contributed by atoms with Crippen molar-refractivity contribution < 1.29 is 9.50 Å². The lowest BCUT2D eigenvalue weighted by molar-refractivity contribution is 0.469. The Labute approximate surface area is 97.9 Å². The number of aromatic hydroxyl groups is 1. The molecule has 0 unspecified atom stereocenters. The zero-order valence-corrected chi connectivity index (χ0v) is 9.59. The summed E-state index contributed by atoms with van der Waals surface area (Å²) < 4.78 is 13.6. The lowest BCUT2D eigenvalue weighted by atomic mass is 10.1. The normalized spacial score (nSPS) is 10.4. The first kappa shape index (κ1) is 11.0. The topological polar surface area (TPSA) is 20.2 Å². The smallest absolute Gasteiger partial charge is 0.134 e. The second kappa shape index (κ2) is 4.58. The van der Waals surface area contributed by atoms with E-state index < -0.39 is 5.82 Å². The van der Waals surface area contributed by atoms with Crippen molar-refractivity contribution in [1.29, 1.82) is 0 Å². The molecule has 2 aromatic rings. The van der Waals surface area contributed by atoms with Crippen LogP contribution in [0.5, 0.6) is 5.75 Å². The average molecular weight is 234 g/mol. The molecule has 0 aliphatic carbocycles. The van der Waals surface area contributed by atoms with Crippen LogP contribution >= 0.6 is 11.8 Å². The maximum Gasteiger partial charge on any atom is 0.134 e. The monoisotopic (exact) mass is 234 g/mol. The standard InChI is InChI=1S/C13H11FOS/c1-16-11-4-2-3-9(7-11)12-6-5-10(15)8-13(12)14/h2-8,15H,1H3. The first-order chi connectivity index (χ1) is 7.70. The molecule has 0 saturated carbocycles. The van der Waals surface area contributed by atoms with Gasteiger partial charge in [-0.3, -0.25) is 0 Å². The number of rotatable bonds is 2. The zero-order chi connectivity index (χ0) is 11.5. The Morgan fingerprint density at radius 2 is 1.94 bits per heavy atom. The molecule has 0 heterocycles. The summed E-state index contributed by atoms with van der Waals surface area (Å²) in [6.07, 6.45) is 1.98. The van der Waals surface area contributed by atoms with Crippen molar-refractivity contribution in [2.24, 2.45) is 0 Å². The molecule has 0 spiro atoms. The van der Waals surface area contributed by atoms with E-state index in [0.717, 1.165) is 16.5 Å². The number of halogens is 1. The molecule has 0 amide bonds. The van der Waals surface area contributed by atoms with Crippen LogP contribution in [0.25, 0.3) is 11.1 Å². The molecule has 0 radical (unpaired) electrons. The largest absolute Gasteiger partial charge is 0.508 e. The summed E-state index contributed by atoms with van der Waals surface area (Å²) in [5.74, 6) is -0.458. The van der Waals surface area contributed by atoms with E-state index in [1.54, 1.807) is 17.8 Å². The summed E-state index contributed by atoms with van der Waals surface area (Å²) in [5.41, 5.74) is 1.33. The van der Waals surface area contributed by atoms with Crippen molar-refractivity contribution in [2.45, 2.75) is 4.90 Å². The Morgan fingerprint density at radius 1 is 1.12 bits per heavy atom. The van der Waals surface area contributed by atoms with Crippen molar-refractivity contribution in [1.82, 2.24) is 0 Å². The second-order valence-electron chi connectivity index (χ2n) is 3.40. The van der Waals surface area contributed by atoms with Crippen molar-refractivity contribution in [3.05, 3.63) is 48.3 Å². The third-order valence-electron chi connectivity index (χ3n) is 2.33. The Morgan fingerprint density at radius 3 is 2.62 bits per heavy atom. The molecule has 16 heavy (non-hydrogen) atoms. The van der Waals surface area contributed by atoms with Gasteiger partial charge in [0, 0.05) is 16.5 Å². The maximum absolute atomic E-state index is 13.6. The highest BCUT2D eigenvalue weighted by atomic mass is 32.2. The molecule has 82 valence electrons. The van der Waals surface area contributed by atoms with Gasteiger partial charge < -0.3 is 5.11 Å². The molecule has 2 aromatic carbocycles. The summed E-state index contributed by atoms with van der Waals surface area (Å²) in [6, 6.07) is 11.9. The Hall–Kier alpha value is -1.48. The van der Waals surface area contributed by atoms with Crippen LogP contribution in [0.4, 0.5) is 4.39 Å². The summed E-state index contributed by atoms with van der Waals surface area (Å²) in [5, 5.41) is 9.14. The van der Waals surface area contributed by atoms with Gasteiger partial charge in [0.25, 0.3) is 0 Å². The van der Waals surface area contributed by atoms with Gasteiger partial charge in [0.1, 0.15) is 11.6 Å². The SMILES string of the molecule is CSc1cccc(-c2ccc(O)cc2F)c1. The van der Waals surface area contributed by atoms with E-state index in [-0.39, 0.29) is 5.75 Å². The minimum Gasteiger partial charge on any atom is -0.508 e. The Kier molecular flexibility index (Phi) is 3.15. The van der Waals surface area contributed by atoms with Gasteiger partial charge in [-0.15, -0.1) is 11.8 Å². The fourth-order valence-electron chi connectivity index (χ4n) is 1.53. The third-order valence-corrected chi connectivity index (χ3v) is 3.06. The molecular weight excluding hydrogens is 223 g/mol. The quantitative estimate of drug-likeness (QED) is 0.795. The number of hydrogen-bond donors (Lipinski definition) is 1. The predicted molar refractivity (Wildman–Crippen MR) is 65.3 cm³/mol. The van der Waals surface area contributed by atoms with Crippen LogP contribution < -0.4 is 0 Å². The molecule has 0 bridgehead atoms. The summed E-state index contributed by atoms with van der Waals surface area (Å²) >= 11 is 1.61. The molecule has 0 aromatic heterocycles. The number of thioether (sulfide) groups is 1. The van der Waals surface area contributed by atoms with E-state index in [0.29, 0.717) is 5.56 Å². The third kappa shape index (κ3) is 2.19. The van der Waals surface area contributed by atoms with Crippen LogP contribution in [0.2, 0.25) is 0 Å². The number of benzene rings is 2. The van der Waals surface area contributed by atoms with Crippen molar-refractivity contribution >= 4 is 11.8 Å². The van der Waals surface area contributed by atoms with Crippen LogP contribution in [0.1, 0.15) is 0 Å². The van der Waals surface area contributed by atoms with E-state index in [2.05, 4.69) is 0 Å². The minimum absolute atomic E-state index is 0.0535. The van der Waals surface area contributed by atoms with Crippen LogP contribution in [-0.4, -0.2) is 11.4 Å². The number of hydrogen-bond acceptors (Lipinski definition) is 2. The fourth-order valence-corrected chi connectivity index (χ4v) is 1.99. The van der Waals surface area contributed by atoms with Gasteiger partial charge in [0.2, 0.25) is 0 Å². The van der Waals surface area contributed by atoms with Crippen molar-refractivity contribution in [3.8, 4) is 16.9 Å². The molecule has 1 N–H and O–H groups in total. The maximum atomic E-state index is 13.6. The van der Waals surface area contributed by atoms with E-state index in [1.165, 1.54) is 6.07 Å². The first-order valence-electron chi connectivity index (χ1n) is 4.83. The van der Waals surface area contributed by atoms with Crippen LogP contribution in [0, 0.1) is 5.82 Å². The van der Waals surface area contributed by atoms with Crippen molar-refractivity contribution in [2.75, 3.05) is 6.26 Å². The zero-order valence-electron chi connectivity index (χ0n) is 8.77. The molecule has 0 fully saturated rings. The number of phenols is 1. The fraction of sp³-hybridized carbons (Fsp3) is 0.0769. The van der Waals surface area contributed by atoms with Crippen LogP contribution in [0.3, 0.4) is 0 Å². The highest BCUT2D eigenvalue weighted by Crippen LogP contribution is 2.28. The van der Waals surface area contributed by atoms with E-state index in [1.807, 2.05) is 30.5 Å². The lowest BCUT2D eigenvalue weighted by Crippen LogP contribution is -1.84. The Balaban J connectivity index is 2.49. The van der Waals surface area contributed by atoms with Crippen molar-refractivity contribution in [3.63, 3.8) is 0 Å². The van der Waals surface area contributed by atoms with Gasteiger partial charge in [-0.25, -0.2) is 4.39 Å². The predicted octanol–water partition coefficient (Wildman–Crippen LogP) is 3.92. The summed E-state index contributed by atoms with van der Waals surface area (Å²) in [6.45, 7) is 0. The molecule has 3 heteroatoms. The molecular formula is C13H11FOS. The van der Waals surface area contributed by atoms with Gasteiger partial charge in [0.05, 0.1) is 0 Å². The highest BCUT2D eigenvalue weighted by molar-refractivity contribution is 7.98. The molecule has 0 aliphatic heterocycles. The molecule has 0 atom stereocenters. The van der Waals surface area contributed by atoms with E-state index in [9.17, 15) is 4.39 Å². The average Bonchev–Trinajstić information content (AvgIpc) is 2.29. The summed E-state index contributed by atoms with van der Waals surface area (Å²) in [7, 11) is 0. The summed E-state index contributed by atoms with van der Waals surface area (Å²) in [4.78, 5) is 1.09. The van der Waals surface area contributed by atoms with Gasteiger partial charge in [-0.05, 0) is 36.1 Å². The van der Waals surface area contributed by atoms with Gasteiger partial charge in [-0.1, -0.05) is 12.1 Å².